The molecule has 0 radical (unpaired) electrons. The normalized spacial score (nSPS) is 20.3. The van der Waals surface area contributed by atoms with Crippen molar-refractivity contribution in [2.45, 2.75) is 76.9 Å². The molecule has 3 N–H and O–H groups in total. The zero-order chi connectivity index (χ0) is 18.8. The average Bonchev–Trinajstić information content (AvgIpc) is 3.11. The molecule has 5 nitrogen and oxygen atoms in total. The van der Waals surface area contributed by atoms with Crippen molar-refractivity contribution in [2.75, 3.05) is 6.54 Å². The molecule has 26 heavy (non-hydrogen) atoms. The lowest BCUT2D eigenvalue weighted by atomic mass is 10.0. The summed E-state index contributed by atoms with van der Waals surface area (Å²) in [6, 6.07) is 7.98. The Balaban J connectivity index is 1.71. The zero-order valence-corrected chi connectivity index (χ0v) is 16.6. The van der Waals surface area contributed by atoms with E-state index in [0.29, 0.717) is 13.1 Å². The minimum absolute atomic E-state index is 0.0867. The van der Waals surface area contributed by atoms with Crippen LogP contribution in [0.5, 0.6) is 0 Å². The van der Waals surface area contributed by atoms with E-state index >= 15 is 0 Å². The minimum Gasteiger partial charge on any atom is -0.308 e. The van der Waals surface area contributed by atoms with Crippen LogP contribution in [0.3, 0.4) is 0 Å². The first-order valence-electron chi connectivity index (χ1n) is 9.86. The standard InChI is InChI=1S/C20H31N2O3P/c1-2-3-4-5-6-7-8-16-9-11-17(12-10-16)15-22-18-13-14-21-19(18)20(23)26(24)25/h9-12,18-19,21-22H,2-8,13-15H2,1H3/p+1. The van der Waals surface area contributed by atoms with Crippen LogP contribution in [-0.2, 0) is 22.3 Å². The monoisotopic (exact) mass is 379 g/mol. The molecule has 1 heterocycles. The van der Waals surface area contributed by atoms with Crippen LogP contribution in [0.25, 0.3) is 0 Å². The molecule has 1 aromatic rings. The number of nitrogens with one attached hydrogen (secondary N) is 2. The smallest absolute Gasteiger partial charge is 0.308 e. The fourth-order valence-corrected chi connectivity index (χ4v) is 3.99. The van der Waals surface area contributed by atoms with Crippen molar-refractivity contribution < 1.29 is 14.3 Å². The van der Waals surface area contributed by atoms with E-state index in [1.54, 1.807) is 0 Å². The third kappa shape index (κ3) is 6.88. The molecule has 0 aliphatic carbocycles. The average molecular weight is 379 g/mol. The van der Waals surface area contributed by atoms with E-state index in [-0.39, 0.29) is 6.04 Å². The van der Waals surface area contributed by atoms with Gasteiger partial charge in [0.15, 0.2) is 0 Å². The van der Waals surface area contributed by atoms with Crippen molar-refractivity contribution in [2.24, 2.45) is 0 Å². The summed E-state index contributed by atoms with van der Waals surface area (Å²) >= 11 is 0. The van der Waals surface area contributed by atoms with Gasteiger partial charge >= 0.3 is 13.6 Å². The predicted molar refractivity (Wildman–Crippen MR) is 105 cm³/mol. The van der Waals surface area contributed by atoms with E-state index in [1.165, 1.54) is 49.7 Å². The summed E-state index contributed by atoms with van der Waals surface area (Å²) < 4.78 is 11.0. The number of unbranched alkanes of at least 4 members (excludes halogenated alkanes) is 5. The number of benzene rings is 1. The van der Waals surface area contributed by atoms with Crippen LogP contribution in [0.4, 0.5) is 0 Å². The van der Waals surface area contributed by atoms with E-state index < -0.39 is 19.6 Å². The third-order valence-corrected chi connectivity index (χ3v) is 5.74. The van der Waals surface area contributed by atoms with Crippen molar-refractivity contribution in [3.63, 3.8) is 0 Å². The molecule has 0 spiro atoms. The van der Waals surface area contributed by atoms with Crippen LogP contribution in [0.1, 0.15) is 63.0 Å². The first kappa shape index (κ1) is 21.2. The van der Waals surface area contributed by atoms with E-state index in [2.05, 4.69) is 41.8 Å². The highest BCUT2D eigenvalue weighted by Crippen LogP contribution is 2.22. The number of hydrogen-bond donors (Lipinski definition) is 3. The number of aryl methyl sites for hydroxylation is 1. The molecule has 0 aromatic heterocycles. The summed E-state index contributed by atoms with van der Waals surface area (Å²) in [6.45, 7) is 3.59. The second-order valence-electron chi connectivity index (χ2n) is 7.15. The maximum Gasteiger partial charge on any atom is 0.586 e. The van der Waals surface area contributed by atoms with Gasteiger partial charge in [0.1, 0.15) is 6.04 Å². The molecule has 2 rings (SSSR count). The van der Waals surface area contributed by atoms with Crippen LogP contribution in [0, 0.1) is 0 Å². The second kappa shape index (κ2) is 11.6. The summed E-state index contributed by atoms with van der Waals surface area (Å²) in [5.41, 5.74) is 1.93. The van der Waals surface area contributed by atoms with E-state index in [0.717, 1.165) is 12.8 Å². The molecular weight excluding hydrogens is 347 g/mol. The fourth-order valence-electron chi connectivity index (χ4n) is 3.48. The Morgan fingerprint density at radius 1 is 1.15 bits per heavy atom. The number of carbonyl (C=O) groups excluding carboxylic acids is 1. The number of carbonyl (C=O) groups is 1. The summed E-state index contributed by atoms with van der Waals surface area (Å²) in [7, 11) is -2.77. The highest BCUT2D eigenvalue weighted by Gasteiger charge is 2.43. The molecule has 3 unspecified atom stereocenters. The molecule has 0 saturated carbocycles. The molecule has 0 amide bonds. The molecule has 1 aromatic carbocycles. The summed E-state index contributed by atoms with van der Waals surface area (Å²) in [5, 5.41) is 6.37. The second-order valence-corrected chi connectivity index (χ2v) is 8.14. The molecule has 1 aliphatic heterocycles. The first-order chi connectivity index (χ1) is 12.6. The lowest BCUT2D eigenvalue weighted by Gasteiger charge is -2.16. The van der Waals surface area contributed by atoms with Crippen molar-refractivity contribution >= 4 is 13.6 Å². The predicted octanol–water partition coefficient (Wildman–Crippen LogP) is 3.67. The van der Waals surface area contributed by atoms with Gasteiger partial charge in [0.25, 0.3) is 0 Å². The Hall–Kier alpha value is -1.13. The number of hydrogen-bond acceptors (Lipinski definition) is 4. The van der Waals surface area contributed by atoms with Gasteiger partial charge in [-0.25, -0.2) is 4.79 Å². The summed E-state index contributed by atoms with van der Waals surface area (Å²) in [4.78, 5) is 20.8. The largest absolute Gasteiger partial charge is 0.586 e. The molecule has 1 saturated heterocycles. The maximum atomic E-state index is 11.8. The van der Waals surface area contributed by atoms with Crippen LogP contribution < -0.4 is 10.6 Å². The van der Waals surface area contributed by atoms with Crippen LogP contribution in [0.2, 0.25) is 0 Å². The fraction of sp³-hybridized carbons (Fsp3) is 0.650. The van der Waals surface area contributed by atoms with Crippen LogP contribution in [-0.4, -0.2) is 29.0 Å². The quantitative estimate of drug-likeness (QED) is 0.381. The van der Waals surface area contributed by atoms with E-state index in [1.807, 2.05) is 0 Å². The Kier molecular flexibility index (Phi) is 9.41. The van der Waals surface area contributed by atoms with Crippen LogP contribution >= 0.6 is 8.03 Å². The molecule has 0 bridgehead atoms. The van der Waals surface area contributed by atoms with Crippen molar-refractivity contribution in [1.29, 1.82) is 0 Å². The maximum absolute atomic E-state index is 11.8. The van der Waals surface area contributed by atoms with Crippen molar-refractivity contribution in [3.8, 4) is 0 Å². The Bertz CT molecular complexity index is 577. The molecular formula is C20H32N2O3P+. The number of rotatable bonds is 12. The van der Waals surface area contributed by atoms with Crippen LogP contribution in [0.15, 0.2) is 24.3 Å². The molecule has 3 atom stereocenters. The zero-order valence-electron chi connectivity index (χ0n) is 15.7. The highest BCUT2D eigenvalue weighted by atomic mass is 31.1. The van der Waals surface area contributed by atoms with Gasteiger partial charge in [-0.3, -0.25) is 0 Å². The SMILES string of the molecule is CCCCCCCCc1ccc(CNC2CCNC2C(=O)[P+](=O)O)cc1. The Morgan fingerprint density at radius 3 is 2.50 bits per heavy atom. The lowest BCUT2D eigenvalue weighted by Crippen LogP contribution is -2.44. The summed E-state index contributed by atoms with van der Waals surface area (Å²) in [5.74, 6) is 0. The third-order valence-electron chi connectivity index (χ3n) is 5.09. The minimum atomic E-state index is -2.77. The van der Waals surface area contributed by atoms with Crippen molar-refractivity contribution in [3.05, 3.63) is 35.4 Å². The summed E-state index contributed by atoms with van der Waals surface area (Å²) in [6.07, 6.45) is 9.80. The van der Waals surface area contributed by atoms with Crippen molar-refractivity contribution in [1.82, 2.24) is 10.6 Å². The molecule has 1 aliphatic rings. The van der Waals surface area contributed by atoms with E-state index in [4.69, 9.17) is 4.89 Å². The Morgan fingerprint density at radius 2 is 1.81 bits per heavy atom. The van der Waals surface area contributed by atoms with Gasteiger partial charge < -0.3 is 10.6 Å². The lowest BCUT2D eigenvalue weighted by molar-refractivity contribution is -0.114. The van der Waals surface area contributed by atoms with Gasteiger partial charge in [-0.2, -0.15) is 4.89 Å². The van der Waals surface area contributed by atoms with E-state index in [9.17, 15) is 9.36 Å². The highest BCUT2D eigenvalue weighted by molar-refractivity contribution is 7.58. The molecule has 6 heteroatoms. The van der Waals surface area contributed by atoms with Gasteiger partial charge in [0, 0.05) is 12.6 Å². The van der Waals surface area contributed by atoms with Gasteiger partial charge in [-0.05, 0) is 41.5 Å². The Labute approximate surface area is 157 Å². The van der Waals surface area contributed by atoms with Gasteiger partial charge in [-0.1, -0.05) is 63.3 Å². The van der Waals surface area contributed by atoms with Gasteiger partial charge in [0.05, 0.1) is 0 Å². The first-order valence-corrected chi connectivity index (χ1v) is 11.1. The molecule has 1 fully saturated rings. The molecule has 144 valence electrons. The topological polar surface area (TPSA) is 78.4 Å². The van der Waals surface area contributed by atoms with Gasteiger partial charge in [-0.15, -0.1) is 0 Å². The van der Waals surface area contributed by atoms with Gasteiger partial charge in [0.2, 0.25) is 0 Å².